The molecule has 1 aliphatic heterocycles. The van der Waals surface area contributed by atoms with Crippen LogP contribution in [0.15, 0.2) is 17.2 Å². The van der Waals surface area contributed by atoms with E-state index in [0.29, 0.717) is 40.3 Å². The zero-order valence-electron chi connectivity index (χ0n) is 13.1. The predicted molar refractivity (Wildman–Crippen MR) is 94.8 cm³/mol. The number of nitrogens with zero attached hydrogens (tertiary/aromatic N) is 2. The Kier molecular flexibility index (Phi) is 6.59. The second-order valence-corrected chi connectivity index (χ2v) is 5.79. The van der Waals surface area contributed by atoms with Gasteiger partial charge in [-0.25, -0.2) is 4.79 Å². The van der Waals surface area contributed by atoms with E-state index >= 15 is 0 Å². The molecule has 1 saturated heterocycles. The Balaban J connectivity index is 2.20. The number of nitrogens with one attached hydrogen (secondary N) is 1. The molecule has 0 unspecified atom stereocenters. The quantitative estimate of drug-likeness (QED) is 0.643. The summed E-state index contributed by atoms with van der Waals surface area (Å²) in [6.07, 6.45) is 7.25. The van der Waals surface area contributed by atoms with Gasteiger partial charge in [-0.2, -0.15) is 5.10 Å². The first-order valence-corrected chi connectivity index (χ1v) is 8.05. The number of amides is 1. The van der Waals surface area contributed by atoms with E-state index < -0.39 is 6.09 Å². The van der Waals surface area contributed by atoms with Gasteiger partial charge in [0, 0.05) is 19.0 Å². The highest BCUT2D eigenvalue weighted by Gasteiger charge is 2.23. The first kappa shape index (κ1) is 18.2. The molecular weight excluding hydrogens is 353 g/mol. The smallest absolute Gasteiger partial charge is 0.414 e. The molecule has 1 aliphatic rings. The number of carbonyl (C=O) groups excluding carboxylic acids is 1. The number of rotatable bonds is 4. The van der Waals surface area contributed by atoms with Crippen LogP contribution in [0.25, 0.3) is 0 Å². The molecule has 1 fully saturated rings. The third-order valence-electron chi connectivity index (χ3n) is 3.38. The fourth-order valence-corrected chi connectivity index (χ4v) is 2.69. The van der Waals surface area contributed by atoms with Gasteiger partial charge in [0.1, 0.15) is 18.2 Å². The molecule has 0 atom stereocenters. The van der Waals surface area contributed by atoms with Crippen molar-refractivity contribution in [2.24, 2.45) is 5.10 Å². The maximum atomic E-state index is 11.8. The highest BCUT2D eigenvalue weighted by Crippen LogP contribution is 2.34. The number of anilines is 1. The van der Waals surface area contributed by atoms with E-state index in [1.807, 2.05) is 0 Å². The largest absolute Gasteiger partial charge is 0.479 e. The normalized spacial score (nSPS) is 15.8. The van der Waals surface area contributed by atoms with Crippen molar-refractivity contribution in [3.63, 3.8) is 0 Å². The summed E-state index contributed by atoms with van der Waals surface area (Å²) >= 11 is 12.2. The van der Waals surface area contributed by atoms with Crippen LogP contribution >= 0.6 is 23.2 Å². The van der Waals surface area contributed by atoms with Crippen LogP contribution in [0, 0.1) is 12.3 Å². The van der Waals surface area contributed by atoms with Crippen LogP contribution in [-0.4, -0.2) is 37.1 Å². The highest BCUT2D eigenvalue weighted by atomic mass is 35.5. The lowest BCUT2D eigenvalue weighted by atomic mass is 10.1. The van der Waals surface area contributed by atoms with Gasteiger partial charge in [0.2, 0.25) is 0 Å². The van der Waals surface area contributed by atoms with Crippen molar-refractivity contribution in [2.75, 3.05) is 25.7 Å². The summed E-state index contributed by atoms with van der Waals surface area (Å²) in [6, 6.07) is 3.15. The maximum Gasteiger partial charge on any atom is 0.414 e. The average Bonchev–Trinajstić information content (AvgIpc) is 2.59. The molecule has 0 radical (unpaired) electrons. The van der Waals surface area contributed by atoms with Crippen molar-refractivity contribution in [3.05, 3.63) is 22.2 Å². The topological polar surface area (TPSA) is 63.2 Å². The number of methoxy groups -OCH3 is 1. The van der Waals surface area contributed by atoms with Crippen molar-refractivity contribution in [1.82, 2.24) is 4.90 Å². The number of likely N-dealkylation sites (tertiary alicyclic amines) is 1. The molecule has 1 aromatic carbocycles. The first-order valence-electron chi connectivity index (χ1n) is 7.30. The number of halogens is 2. The van der Waals surface area contributed by atoms with E-state index in [4.69, 9.17) is 39.1 Å². The van der Waals surface area contributed by atoms with Crippen molar-refractivity contribution < 1.29 is 14.3 Å². The molecule has 0 aromatic heterocycles. The van der Waals surface area contributed by atoms with Gasteiger partial charge in [0.25, 0.3) is 0 Å². The zero-order valence-corrected chi connectivity index (χ0v) is 14.7. The Bertz CT molecular complexity index is 686. The Morgan fingerprint density at radius 3 is 2.92 bits per heavy atom. The summed E-state index contributed by atoms with van der Waals surface area (Å²) in [5.41, 5.74) is 3.35. The zero-order chi connectivity index (χ0) is 17.5. The van der Waals surface area contributed by atoms with Crippen molar-refractivity contribution in [3.8, 4) is 18.1 Å². The van der Waals surface area contributed by atoms with E-state index in [0.717, 1.165) is 12.8 Å². The van der Waals surface area contributed by atoms with Gasteiger partial charge >= 0.3 is 6.09 Å². The number of hydrogen-bond donors (Lipinski definition) is 1. The van der Waals surface area contributed by atoms with Crippen LogP contribution in [0.4, 0.5) is 10.5 Å². The summed E-state index contributed by atoms with van der Waals surface area (Å²) in [6.45, 7) is 0.656. The van der Waals surface area contributed by atoms with E-state index in [1.54, 1.807) is 6.07 Å². The van der Waals surface area contributed by atoms with E-state index in [2.05, 4.69) is 16.4 Å². The molecule has 128 valence electrons. The van der Waals surface area contributed by atoms with E-state index in [9.17, 15) is 4.79 Å². The number of hydrogen-bond acceptors (Lipinski definition) is 5. The summed E-state index contributed by atoms with van der Waals surface area (Å²) in [4.78, 5) is 13.3. The van der Waals surface area contributed by atoms with Crippen LogP contribution in [0.3, 0.4) is 0 Å². The molecule has 8 heteroatoms. The number of carbonyl (C=O) groups is 1. The number of piperidine rings is 1. The monoisotopic (exact) mass is 369 g/mol. The number of ether oxygens (including phenoxy) is 2. The van der Waals surface area contributed by atoms with Crippen molar-refractivity contribution >= 4 is 40.8 Å². The Hall–Kier alpha value is -2.10. The van der Waals surface area contributed by atoms with Gasteiger partial charge < -0.3 is 9.47 Å². The SMILES string of the molecule is C#CCOc1cc(NN=C2CCCCN2C(=O)OC)c(Cl)cc1Cl. The van der Waals surface area contributed by atoms with Gasteiger partial charge in [-0.15, -0.1) is 6.42 Å². The highest BCUT2D eigenvalue weighted by molar-refractivity contribution is 6.37. The molecule has 6 nitrogen and oxygen atoms in total. The molecule has 1 amide bonds. The Morgan fingerprint density at radius 1 is 1.42 bits per heavy atom. The maximum absolute atomic E-state index is 11.8. The number of terminal acetylenes is 1. The second-order valence-electron chi connectivity index (χ2n) is 4.97. The van der Waals surface area contributed by atoms with Crippen molar-refractivity contribution in [2.45, 2.75) is 19.3 Å². The molecule has 1 aromatic rings. The standard InChI is InChI=1S/C16H17Cl2N3O3/c1-3-8-24-14-10-13(11(17)9-12(14)18)19-20-15-6-4-5-7-21(15)16(22)23-2/h1,9-10,19H,4-8H2,2H3. The average molecular weight is 370 g/mol. The number of hydrazone groups is 1. The van der Waals surface area contributed by atoms with Crippen LogP contribution in [-0.2, 0) is 4.74 Å². The van der Waals surface area contributed by atoms with Crippen LogP contribution in [0.2, 0.25) is 10.0 Å². The van der Waals surface area contributed by atoms with Crippen LogP contribution < -0.4 is 10.2 Å². The summed E-state index contributed by atoms with van der Waals surface area (Å²) in [5.74, 6) is 3.35. The van der Waals surface area contributed by atoms with Gasteiger partial charge in [-0.05, 0) is 18.9 Å². The molecule has 0 saturated carbocycles. The molecule has 1 N–H and O–H groups in total. The number of amidine groups is 1. The molecule has 0 spiro atoms. The van der Waals surface area contributed by atoms with Gasteiger partial charge in [-0.3, -0.25) is 10.3 Å². The third kappa shape index (κ3) is 4.47. The minimum Gasteiger partial charge on any atom is -0.479 e. The molecular formula is C16H17Cl2N3O3. The summed E-state index contributed by atoms with van der Waals surface area (Å²) < 4.78 is 10.1. The Morgan fingerprint density at radius 2 is 2.21 bits per heavy atom. The van der Waals surface area contributed by atoms with E-state index in [1.165, 1.54) is 18.1 Å². The number of benzene rings is 1. The molecule has 24 heavy (non-hydrogen) atoms. The van der Waals surface area contributed by atoms with Crippen LogP contribution in [0.5, 0.6) is 5.75 Å². The van der Waals surface area contributed by atoms with Gasteiger partial charge in [-0.1, -0.05) is 29.1 Å². The lowest BCUT2D eigenvalue weighted by Gasteiger charge is -2.26. The molecule has 0 bridgehead atoms. The van der Waals surface area contributed by atoms with Gasteiger partial charge in [0.05, 0.1) is 22.8 Å². The lowest BCUT2D eigenvalue weighted by Crippen LogP contribution is -2.40. The lowest BCUT2D eigenvalue weighted by molar-refractivity contribution is 0.142. The minimum atomic E-state index is -0.435. The molecule has 0 aliphatic carbocycles. The van der Waals surface area contributed by atoms with Crippen molar-refractivity contribution in [1.29, 1.82) is 0 Å². The molecule has 1 heterocycles. The fraction of sp³-hybridized carbons (Fsp3) is 0.375. The first-order chi connectivity index (χ1) is 11.6. The predicted octanol–water partition coefficient (Wildman–Crippen LogP) is 3.98. The fourth-order valence-electron chi connectivity index (χ4n) is 2.21. The Labute approximate surface area is 150 Å². The molecule has 2 rings (SSSR count). The third-order valence-corrected chi connectivity index (χ3v) is 3.98. The summed E-state index contributed by atoms with van der Waals surface area (Å²) in [7, 11) is 1.34. The van der Waals surface area contributed by atoms with Crippen LogP contribution in [0.1, 0.15) is 19.3 Å². The van der Waals surface area contributed by atoms with Gasteiger partial charge in [0.15, 0.2) is 0 Å². The second kappa shape index (κ2) is 8.67. The summed E-state index contributed by atoms with van der Waals surface area (Å²) in [5, 5.41) is 5.01. The van der Waals surface area contributed by atoms with E-state index in [-0.39, 0.29) is 6.61 Å². The minimum absolute atomic E-state index is 0.0887.